The number of anilines is 2. The summed E-state index contributed by atoms with van der Waals surface area (Å²) in [6.45, 7) is 2.19. The predicted molar refractivity (Wildman–Crippen MR) is 86.0 cm³/mol. The zero-order valence-corrected chi connectivity index (χ0v) is 11.8. The van der Waals surface area contributed by atoms with Gasteiger partial charge in [0.15, 0.2) is 0 Å². The van der Waals surface area contributed by atoms with E-state index in [4.69, 9.17) is 18.0 Å². The van der Waals surface area contributed by atoms with Crippen LogP contribution in [0, 0.1) is 0 Å². The zero-order chi connectivity index (χ0) is 13.7. The van der Waals surface area contributed by atoms with Crippen molar-refractivity contribution in [3.8, 4) is 0 Å². The molecule has 19 heavy (non-hydrogen) atoms. The molecule has 0 fully saturated rings. The minimum Gasteiger partial charge on any atom is -0.389 e. The highest BCUT2D eigenvalue weighted by Crippen LogP contribution is 2.22. The summed E-state index contributed by atoms with van der Waals surface area (Å²) in [5.41, 5.74) is 10.0. The third kappa shape index (κ3) is 3.55. The molecule has 0 heterocycles. The molecule has 0 atom stereocenters. The van der Waals surface area contributed by atoms with Crippen LogP contribution in [0.15, 0.2) is 48.5 Å². The number of hydrogen-bond donors (Lipinski definition) is 2. The highest BCUT2D eigenvalue weighted by atomic mass is 32.1. The summed E-state index contributed by atoms with van der Waals surface area (Å²) < 4.78 is 0. The molecule has 0 bridgehead atoms. The van der Waals surface area contributed by atoms with Gasteiger partial charge in [0.25, 0.3) is 0 Å². The van der Waals surface area contributed by atoms with Gasteiger partial charge < -0.3 is 11.1 Å². The smallest absolute Gasteiger partial charge is 0.103 e. The number of para-hydroxylation sites is 1. The molecule has 0 saturated carbocycles. The summed E-state index contributed by atoms with van der Waals surface area (Å²) >= 11 is 4.95. The lowest BCUT2D eigenvalue weighted by Gasteiger charge is -2.12. The maximum absolute atomic E-state index is 5.59. The van der Waals surface area contributed by atoms with Gasteiger partial charge in [-0.15, -0.1) is 0 Å². The van der Waals surface area contributed by atoms with Crippen molar-refractivity contribution < 1.29 is 0 Å². The van der Waals surface area contributed by atoms with Crippen LogP contribution in [0.3, 0.4) is 0 Å². The summed E-state index contributed by atoms with van der Waals surface area (Å²) in [5.74, 6) is 0. The molecule has 2 aromatic rings. The van der Waals surface area contributed by atoms with Crippen LogP contribution in [-0.2, 0) is 6.42 Å². The van der Waals surface area contributed by atoms with Crippen LogP contribution in [0.5, 0.6) is 0 Å². The highest BCUT2D eigenvalue weighted by molar-refractivity contribution is 7.80. The van der Waals surface area contributed by atoms with Crippen molar-refractivity contribution in [2.24, 2.45) is 5.73 Å². The van der Waals surface area contributed by atoms with E-state index in [9.17, 15) is 0 Å². The lowest BCUT2D eigenvalue weighted by Crippen LogP contribution is -2.08. The summed E-state index contributed by atoms with van der Waals surface area (Å²) in [4.78, 5) is 0.429. The van der Waals surface area contributed by atoms with E-state index in [-0.39, 0.29) is 0 Å². The van der Waals surface area contributed by atoms with E-state index in [1.165, 1.54) is 5.56 Å². The average molecular weight is 270 g/mol. The number of nitrogens with one attached hydrogen (secondary N) is 1. The van der Waals surface area contributed by atoms with Crippen molar-refractivity contribution in [3.63, 3.8) is 0 Å². The van der Waals surface area contributed by atoms with Crippen LogP contribution in [0.2, 0.25) is 0 Å². The molecule has 2 nitrogen and oxygen atoms in total. The van der Waals surface area contributed by atoms with Crippen molar-refractivity contribution in [1.29, 1.82) is 0 Å². The van der Waals surface area contributed by atoms with E-state index < -0.39 is 0 Å². The van der Waals surface area contributed by atoms with Gasteiger partial charge in [0, 0.05) is 16.9 Å². The molecule has 0 aromatic heterocycles. The van der Waals surface area contributed by atoms with Crippen molar-refractivity contribution in [2.45, 2.75) is 19.8 Å². The topological polar surface area (TPSA) is 38.0 Å². The molecule has 0 unspecified atom stereocenters. The summed E-state index contributed by atoms with van der Waals surface area (Å²) in [6.07, 6.45) is 2.22. The van der Waals surface area contributed by atoms with E-state index in [0.29, 0.717) is 4.99 Å². The second kappa shape index (κ2) is 6.34. The Bertz CT molecular complexity index is 561. The first-order valence-electron chi connectivity index (χ1n) is 6.45. The molecule has 2 rings (SSSR count). The normalized spacial score (nSPS) is 10.2. The van der Waals surface area contributed by atoms with Gasteiger partial charge in [-0.1, -0.05) is 43.8 Å². The van der Waals surface area contributed by atoms with Gasteiger partial charge in [0.1, 0.15) is 4.99 Å². The molecule has 98 valence electrons. The molecule has 0 radical (unpaired) electrons. The minimum atomic E-state index is 0.429. The maximum atomic E-state index is 5.59. The summed E-state index contributed by atoms with van der Waals surface area (Å²) in [7, 11) is 0. The average Bonchev–Trinajstić information content (AvgIpc) is 2.42. The molecule has 0 aliphatic heterocycles. The Morgan fingerprint density at radius 3 is 2.42 bits per heavy atom. The molecule has 0 saturated heterocycles. The third-order valence-electron chi connectivity index (χ3n) is 2.99. The lowest BCUT2D eigenvalue weighted by molar-refractivity contribution is 0.923. The van der Waals surface area contributed by atoms with Crippen molar-refractivity contribution in [3.05, 3.63) is 59.7 Å². The first kappa shape index (κ1) is 13.6. The third-order valence-corrected chi connectivity index (χ3v) is 3.22. The van der Waals surface area contributed by atoms with E-state index >= 15 is 0 Å². The Morgan fingerprint density at radius 1 is 1.11 bits per heavy atom. The largest absolute Gasteiger partial charge is 0.389 e. The van der Waals surface area contributed by atoms with Crippen LogP contribution in [0.1, 0.15) is 24.5 Å². The molecule has 0 amide bonds. The van der Waals surface area contributed by atoms with Crippen molar-refractivity contribution >= 4 is 28.6 Å². The van der Waals surface area contributed by atoms with Gasteiger partial charge in [-0.2, -0.15) is 0 Å². The number of rotatable bonds is 5. The predicted octanol–water partition coefficient (Wildman–Crippen LogP) is 4.02. The molecule has 3 N–H and O–H groups in total. The van der Waals surface area contributed by atoms with Crippen LogP contribution >= 0.6 is 12.2 Å². The Hall–Kier alpha value is -1.87. The number of nitrogens with two attached hydrogens (primary N) is 1. The fourth-order valence-electron chi connectivity index (χ4n) is 2.00. The van der Waals surface area contributed by atoms with E-state index in [0.717, 1.165) is 29.8 Å². The Balaban J connectivity index is 2.19. The van der Waals surface area contributed by atoms with Crippen LogP contribution < -0.4 is 11.1 Å². The Kier molecular flexibility index (Phi) is 4.53. The fourth-order valence-corrected chi connectivity index (χ4v) is 2.14. The molecular weight excluding hydrogens is 252 g/mol. The quantitative estimate of drug-likeness (QED) is 0.806. The number of benzene rings is 2. The standard InChI is InChI=1S/C16H18N2S/c1-2-5-12-6-3-4-7-15(12)18-14-10-8-13(9-11-14)16(17)19/h3-4,6-11,18H,2,5H2,1H3,(H2,17,19). The summed E-state index contributed by atoms with van der Waals surface area (Å²) in [6, 6.07) is 16.3. The molecule has 0 spiro atoms. The zero-order valence-electron chi connectivity index (χ0n) is 11.0. The monoisotopic (exact) mass is 270 g/mol. The SMILES string of the molecule is CCCc1ccccc1Nc1ccc(C(N)=S)cc1. The number of thiocarbonyl (C=S) groups is 1. The van der Waals surface area contributed by atoms with Crippen LogP contribution in [0.25, 0.3) is 0 Å². The molecule has 2 aromatic carbocycles. The highest BCUT2D eigenvalue weighted by Gasteiger charge is 2.02. The first-order valence-corrected chi connectivity index (χ1v) is 6.86. The molecule has 0 aliphatic carbocycles. The van der Waals surface area contributed by atoms with Gasteiger partial charge in [-0.05, 0) is 42.3 Å². The lowest BCUT2D eigenvalue weighted by atomic mass is 10.1. The fraction of sp³-hybridized carbons (Fsp3) is 0.188. The molecule has 3 heteroatoms. The minimum absolute atomic E-state index is 0.429. The van der Waals surface area contributed by atoms with Crippen molar-refractivity contribution in [2.75, 3.05) is 5.32 Å². The van der Waals surface area contributed by atoms with Crippen LogP contribution in [0.4, 0.5) is 11.4 Å². The van der Waals surface area contributed by atoms with Gasteiger partial charge in [0.05, 0.1) is 0 Å². The second-order valence-corrected chi connectivity index (χ2v) is 4.91. The van der Waals surface area contributed by atoms with Gasteiger partial charge in [-0.25, -0.2) is 0 Å². The Labute approximate surface area is 119 Å². The van der Waals surface area contributed by atoms with Gasteiger partial charge in [0.2, 0.25) is 0 Å². The second-order valence-electron chi connectivity index (χ2n) is 4.47. The van der Waals surface area contributed by atoms with Gasteiger partial charge in [-0.3, -0.25) is 0 Å². The number of hydrogen-bond acceptors (Lipinski definition) is 2. The molecule has 0 aliphatic rings. The molecular formula is C16H18N2S. The maximum Gasteiger partial charge on any atom is 0.103 e. The Morgan fingerprint density at radius 2 is 1.79 bits per heavy atom. The van der Waals surface area contributed by atoms with E-state index in [1.807, 2.05) is 30.3 Å². The number of aryl methyl sites for hydroxylation is 1. The van der Waals surface area contributed by atoms with E-state index in [1.54, 1.807) is 0 Å². The first-order chi connectivity index (χ1) is 9.20. The summed E-state index contributed by atoms with van der Waals surface area (Å²) in [5, 5.41) is 3.44. The van der Waals surface area contributed by atoms with Crippen LogP contribution in [-0.4, -0.2) is 4.99 Å². The van der Waals surface area contributed by atoms with Crippen molar-refractivity contribution in [1.82, 2.24) is 0 Å². The van der Waals surface area contributed by atoms with Gasteiger partial charge >= 0.3 is 0 Å². The van der Waals surface area contributed by atoms with E-state index in [2.05, 4.69) is 30.4 Å².